The Bertz CT molecular complexity index is 2250. The van der Waals surface area contributed by atoms with Crippen LogP contribution >= 0.6 is 0 Å². The van der Waals surface area contributed by atoms with Gasteiger partial charge < -0.3 is 25.0 Å². The first-order valence-corrected chi connectivity index (χ1v) is 23.3. The van der Waals surface area contributed by atoms with E-state index in [1.807, 2.05) is 84.0 Å². The molecule has 0 unspecified atom stereocenters. The van der Waals surface area contributed by atoms with E-state index in [4.69, 9.17) is 19.7 Å². The smallest absolute Gasteiger partial charge is 0.408 e. The maximum Gasteiger partial charge on any atom is 0.408 e. The number of nitrogens with zero attached hydrogens (tertiary/aromatic N) is 4. The van der Waals surface area contributed by atoms with Crippen molar-refractivity contribution in [1.29, 1.82) is 0 Å². The highest BCUT2D eigenvalue weighted by molar-refractivity contribution is 7.91. The predicted octanol–water partition coefficient (Wildman–Crippen LogP) is 6.08. The summed E-state index contributed by atoms with van der Waals surface area (Å²) in [5, 5.41) is 15.3. The summed E-state index contributed by atoms with van der Waals surface area (Å²) in [4.78, 5) is 60.1. The summed E-state index contributed by atoms with van der Waals surface area (Å²) in [6, 6.07) is 12.9. The van der Waals surface area contributed by atoms with Crippen molar-refractivity contribution < 1.29 is 37.1 Å². The van der Waals surface area contributed by atoms with E-state index in [9.17, 15) is 27.6 Å². The van der Waals surface area contributed by atoms with E-state index in [1.54, 1.807) is 11.9 Å². The first-order valence-electron chi connectivity index (χ1n) is 21.7. The number of benzene rings is 2. The number of cyclic esters (lactones) is 1. The average molecular weight is 860 g/mol. The molecule has 5 atom stereocenters. The lowest BCUT2D eigenvalue weighted by Gasteiger charge is -2.36. The minimum absolute atomic E-state index is 0.00833. The third-order valence-corrected chi connectivity index (χ3v) is 14.5. The summed E-state index contributed by atoms with van der Waals surface area (Å²) in [5.74, 6) is -1.40. The van der Waals surface area contributed by atoms with Gasteiger partial charge in [0.25, 0.3) is 5.91 Å². The molecule has 3 aromatic rings. The molecule has 7 rings (SSSR count). The third kappa shape index (κ3) is 9.58. The first kappa shape index (κ1) is 44.1. The van der Waals surface area contributed by atoms with E-state index in [0.717, 1.165) is 54.5 Å². The lowest BCUT2D eigenvalue weighted by Crippen LogP contribution is -2.60. The van der Waals surface area contributed by atoms with Gasteiger partial charge in [0.1, 0.15) is 40.4 Å². The largest absolute Gasteiger partial charge is 0.496 e. The van der Waals surface area contributed by atoms with Gasteiger partial charge in [0.15, 0.2) is 0 Å². The normalized spacial score (nSPS) is 26.0. The van der Waals surface area contributed by atoms with Crippen LogP contribution in [0.5, 0.6) is 5.75 Å². The fourth-order valence-corrected chi connectivity index (χ4v) is 10.2. The van der Waals surface area contributed by atoms with Gasteiger partial charge in [-0.1, -0.05) is 77.3 Å². The van der Waals surface area contributed by atoms with Crippen molar-refractivity contribution in [3.05, 3.63) is 54.1 Å². The molecule has 1 aromatic heterocycles. The third-order valence-electron chi connectivity index (χ3n) is 12.7. The lowest BCUT2D eigenvalue weighted by molar-refractivity contribution is -0.143. The molecule has 2 aromatic carbocycles. The number of carbonyl (C=O) groups excluding carboxylic acids is 4. The molecule has 61 heavy (non-hydrogen) atoms. The molecule has 6 bridgehead atoms. The molecular formula is C45H61N7O8S. The first-order chi connectivity index (χ1) is 28.9. The van der Waals surface area contributed by atoms with Crippen molar-refractivity contribution in [3.8, 4) is 28.3 Å². The number of hydrogen-bond acceptors (Lipinski definition) is 10. The van der Waals surface area contributed by atoms with Gasteiger partial charge in [-0.15, -0.1) is 0 Å². The highest BCUT2D eigenvalue weighted by atomic mass is 32.2. The molecule has 330 valence electrons. The SMILES string of the molecule is CC[C@@H]1C[C@]1(NC(=O)[C@@H]1C[C@@H]2CN1C(=O)[C@H](C(C)(C)C)NC(=O)OC(C)(C)CCCCCCc1cc(ccc1OC)-c1nn2nc1-c1ccccc1)C(=O)NS(=O)(=O)C1CC1. The molecule has 3 heterocycles. The van der Waals surface area contributed by atoms with E-state index in [2.05, 4.69) is 21.4 Å². The molecule has 2 aliphatic carbocycles. The maximum atomic E-state index is 15.0. The second-order valence-corrected chi connectivity index (χ2v) is 20.9. The summed E-state index contributed by atoms with van der Waals surface area (Å²) in [6.07, 6.45) is 6.14. The summed E-state index contributed by atoms with van der Waals surface area (Å²) in [6.45, 7) is 11.1. The predicted molar refractivity (Wildman–Crippen MR) is 230 cm³/mol. The van der Waals surface area contributed by atoms with Crippen LogP contribution < -0.4 is 20.1 Å². The van der Waals surface area contributed by atoms with Crippen molar-refractivity contribution in [3.63, 3.8) is 0 Å². The van der Waals surface area contributed by atoms with Gasteiger partial charge in [-0.05, 0) is 93.9 Å². The summed E-state index contributed by atoms with van der Waals surface area (Å²) in [5.41, 5.74) is 0.884. The van der Waals surface area contributed by atoms with Crippen LogP contribution in [-0.4, -0.2) is 94.3 Å². The minimum atomic E-state index is -3.89. The molecule has 4 aliphatic rings. The molecule has 3 N–H and O–H groups in total. The van der Waals surface area contributed by atoms with Crippen molar-refractivity contribution in [2.24, 2.45) is 11.3 Å². The average Bonchev–Trinajstić information content (AvgIpc) is 4.10. The molecule has 3 fully saturated rings. The maximum absolute atomic E-state index is 15.0. The zero-order valence-corrected chi connectivity index (χ0v) is 37.3. The minimum Gasteiger partial charge on any atom is -0.496 e. The van der Waals surface area contributed by atoms with Crippen LogP contribution in [0.25, 0.3) is 22.5 Å². The summed E-state index contributed by atoms with van der Waals surface area (Å²) in [7, 11) is -2.23. The van der Waals surface area contributed by atoms with Crippen LogP contribution in [0.1, 0.15) is 117 Å². The molecule has 4 amide bonds. The van der Waals surface area contributed by atoms with Crippen molar-refractivity contribution in [1.82, 2.24) is 35.2 Å². The zero-order chi connectivity index (χ0) is 43.9. The van der Waals surface area contributed by atoms with Crippen LogP contribution in [-0.2, 0) is 35.6 Å². The van der Waals surface area contributed by atoms with Crippen molar-refractivity contribution >= 4 is 33.8 Å². The number of sulfonamides is 1. The van der Waals surface area contributed by atoms with E-state index in [-0.39, 0.29) is 25.3 Å². The van der Waals surface area contributed by atoms with Gasteiger partial charge in [-0.3, -0.25) is 19.1 Å². The number of aromatic nitrogens is 3. The van der Waals surface area contributed by atoms with Gasteiger partial charge in [-0.25, -0.2) is 13.2 Å². The second-order valence-electron chi connectivity index (χ2n) is 19.0. The quantitative estimate of drug-likeness (QED) is 0.239. The van der Waals surface area contributed by atoms with E-state index in [1.165, 1.54) is 4.90 Å². The number of carbonyl (C=O) groups is 4. The topological polar surface area (TPSA) is 191 Å². The number of amides is 4. The van der Waals surface area contributed by atoms with Crippen LogP contribution in [0.15, 0.2) is 48.5 Å². The lowest BCUT2D eigenvalue weighted by atomic mass is 9.85. The molecule has 0 spiro atoms. The number of rotatable bonds is 8. The Kier molecular flexibility index (Phi) is 12.3. The van der Waals surface area contributed by atoms with Crippen LogP contribution in [0.3, 0.4) is 0 Å². The highest BCUT2D eigenvalue weighted by Gasteiger charge is 2.62. The Hall–Kier alpha value is -4.99. The Balaban J connectivity index is 1.30. The van der Waals surface area contributed by atoms with Gasteiger partial charge >= 0.3 is 6.09 Å². The highest BCUT2D eigenvalue weighted by Crippen LogP contribution is 2.47. The Morgan fingerprint density at radius 2 is 1.67 bits per heavy atom. The summed E-state index contributed by atoms with van der Waals surface area (Å²) < 4.78 is 39.8. The van der Waals surface area contributed by atoms with Gasteiger partial charge in [0.05, 0.1) is 18.4 Å². The number of aryl methyl sites for hydroxylation is 1. The second kappa shape index (κ2) is 17.1. The number of alkyl carbamates (subject to hydrolysis) is 1. The zero-order valence-electron chi connectivity index (χ0n) is 36.5. The Labute approximate surface area is 359 Å². The number of hydrogen-bond donors (Lipinski definition) is 3. The number of nitrogens with one attached hydrogen (secondary N) is 3. The standard InChI is InChI=1S/C45H61N7O8S/c1-8-31-26-45(31,41(55)50-61(57,58)33-20-21-33)47-39(53)34-25-32-27-51(34)40(54)38(43(2,3)4)46-42(56)60-44(5,6)23-15-10-9-12-18-29-24-30(19-22-35(29)59-7)37-36(48-52(32)49-37)28-16-13-11-14-17-28/h11,13-14,16-17,19,22,24,31-34,38H,8-10,12,15,18,20-21,23,25-27H2,1-7H3,(H,46,56)(H,47,53)(H,50,55)/t31-,32-,34+,38-,45-/m1/s1. The molecular weight excluding hydrogens is 799 g/mol. The fourth-order valence-electron chi connectivity index (χ4n) is 8.84. The van der Waals surface area contributed by atoms with Gasteiger partial charge in [0.2, 0.25) is 21.8 Å². The number of methoxy groups -OCH3 is 1. The fraction of sp³-hybridized carbons (Fsp3) is 0.600. The van der Waals surface area contributed by atoms with Crippen molar-refractivity contribution in [2.45, 2.75) is 147 Å². The van der Waals surface area contributed by atoms with Crippen LogP contribution in [0.2, 0.25) is 0 Å². The Morgan fingerprint density at radius 1 is 0.984 bits per heavy atom. The Morgan fingerprint density at radius 3 is 2.31 bits per heavy atom. The molecule has 2 aliphatic heterocycles. The molecule has 16 heteroatoms. The van der Waals surface area contributed by atoms with Gasteiger partial charge in [-0.2, -0.15) is 15.0 Å². The number of fused-ring (bicyclic) bond motifs is 8. The summed E-state index contributed by atoms with van der Waals surface area (Å²) >= 11 is 0. The van der Waals surface area contributed by atoms with E-state index >= 15 is 0 Å². The molecule has 15 nitrogen and oxygen atoms in total. The van der Waals surface area contributed by atoms with Crippen LogP contribution in [0, 0.1) is 11.3 Å². The molecule has 2 saturated carbocycles. The monoisotopic (exact) mass is 859 g/mol. The van der Waals surface area contributed by atoms with E-state index < -0.39 is 73.8 Å². The molecule has 1 saturated heterocycles. The molecule has 0 radical (unpaired) electrons. The van der Waals surface area contributed by atoms with Gasteiger partial charge in [0, 0.05) is 24.1 Å². The van der Waals surface area contributed by atoms with Crippen LogP contribution in [0.4, 0.5) is 4.79 Å². The number of ether oxygens (including phenoxy) is 2. The van der Waals surface area contributed by atoms with Crippen molar-refractivity contribution in [2.75, 3.05) is 13.7 Å². The van der Waals surface area contributed by atoms with E-state index in [0.29, 0.717) is 37.1 Å².